The number of aryl methyl sites for hydroxylation is 1. The second-order valence-corrected chi connectivity index (χ2v) is 7.22. The van der Waals surface area contributed by atoms with Crippen LogP contribution < -0.4 is 0 Å². The second-order valence-electron chi connectivity index (χ2n) is 6.19. The lowest BCUT2D eigenvalue weighted by molar-refractivity contribution is -0.138. The zero-order chi connectivity index (χ0) is 18.1. The number of thiophene rings is 1. The predicted octanol–water partition coefficient (Wildman–Crippen LogP) is 6.71. The Kier molecular flexibility index (Phi) is 7.69. The van der Waals surface area contributed by atoms with E-state index in [1.165, 1.54) is 17.0 Å². The molecule has 0 spiro atoms. The van der Waals surface area contributed by atoms with E-state index in [0.29, 0.717) is 19.1 Å². The molecular formula is C20H23F3OS. The molecule has 0 aliphatic heterocycles. The summed E-state index contributed by atoms with van der Waals surface area (Å²) < 4.78 is 39.2. The van der Waals surface area contributed by atoms with Gasteiger partial charge in [0.25, 0.3) is 0 Å². The van der Waals surface area contributed by atoms with Crippen molar-refractivity contribution in [3.8, 4) is 0 Å². The molecule has 25 heavy (non-hydrogen) atoms. The largest absolute Gasteiger partial charge is 0.416 e. The van der Waals surface area contributed by atoms with Crippen LogP contribution in [-0.4, -0.2) is 6.29 Å². The molecule has 0 amide bonds. The highest BCUT2D eigenvalue weighted by Crippen LogP contribution is 2.34. The van der Waals surface area contributed by atoms with E-state index in [1.807, 2.05) is 0 Å². The first kappa shape index (κ1) is 19.7. The van der Waals surface area contributed by atoms with Crippen LogP contribution in [0.4, 0.5) is 13.2 Å². The van der Waals surface area contributed by atoms with Crippen LogP contribution in [0.1, 0.15) is 64.9 Å². The van der Waals surface area contributed by atoms with Gasteiger partial charge in [-0.15, -0.1) is 11.3 Å². The van der Waals surface area contributed by atoms with E-state index >= 15 is 0 Å². The van der Waals surface area contributed by atoms with Crippen LogP contribution in [0, 0.1) is 0 Å². The molecule has 0 saturated carbocycles. The summed E-state index contributed by atoms with van der Waals surface area (Å²) in [6.45, 7) is 0. The number of unbranched alkanes of at least 4 members (excludes halogenated alkanes) is 5. The van der Waals surface area contributed by atoms with E-state index in [-0.39, 0.29) is 11.1 Å². The summed E-state index contributed by atoms with van der Waals surface area (Å²) in [5.41, 5.74) is -0.374. The van der Waals surface area contributed by atoms with Crippen LogP contribution >= 0.6 is 11.3 Å². The highest BCUT2D eigenvalue weighted by atomic mass is 32.1. The molecule has 5 heteroatoms. The van der Waals surface area contributed by atoms with Gasteiger partial charge in [-0.2, -0.15) is 13.2 Å². The van der Waals surface area contributed by atoms with E-state index < -0.39 is 11.7 Å². The summed E-state index contributed by atoms with van der Waals surface area (Å²) in [6, 6.07) is 8.03. The lowest BCUT2D eigenvalue weighted by atomic mass is 9.95. The van der Waals surface area contributed by atoms with E-state index in [1.54, 1.807) is 11.3 Å². The van der Waals surface area contributed by atoms with Crippen molar-refractivity contribution in [3.63, 3.8) is 0 Å². The number of aldehydes is 1. The SMILES string of the molecule is O=Cc1cccc(C(F)(F)F)c1CCCCCCCCc1cccs1. The minimum atomic E-state index is -4.41. The van der Waals surface area contributed by atoms with Crippen molar-refractivity contribution < 1.29 is 18.0 Å². The Balaban J connectivity index is 1.71. The highest BCUT2D eigenvalue weighted by molar-refractivity contribution is 7.09. The van der Waals surface area contributed by atoms with E-state index in [0.717, 1.165) is 44.6 Å². The number of hydrogen-bond donors (Lipinski definition) is 0. The third-order valence-electron chi connectivity index (χ3n) is 4.32. The van der Waals surface area contributed by atoms with Gasteiger partial charge >= 0.3 is 6.18 Å². The van der Waals surface area contributed by atoms with Crippen molar-refractivity contribution in [2.75, 3.05) is 0 Å². The molecule has 1 aromatic heterocycles. The van der Waals surface area contributed by atoms with Gasteiger partial charge in [0.2, 0.25) is 0 Å². The summed E-state index contributed by atoms with van der Waals surface area (Å²) in [4.78, 5) is 12.5. The Morgan fingerprint density at radius 3 is 2.16 bits per heavy atom. The van der Waals surface area contributed by atoms with Crippen LogP contribution in [0.5, 0.6) is 0 Å². The first-order valence-electron chi connectivity index (χ1n) is 8.69. The number of halogens is 3. The van der Waals surface area contributed by atoms with Crippen molar-refractivity contribution in [3.05, 3.63) is 57.3 Å². The number of alkyl halides is 3. The lowest BCUT2D eigenvalue weighted by Crippen LogP contribution is -2.11. The van der Waals surface area contributed by atoms with Crippen molar-refractivity contribution in [1.82, 2.24) is 0 Å². The van der Waals surface area contributed by atoms with Gasteiger partial charge in [0.15, 0.2) is 0 Å². The van der Waals surface area contributed by atoms with Gasteiger partial charge in [-0.3, -0.25) is 4.79 Å². The van der Waals surface area contributed by atoms with Gasteiger partial charge in [0.05, 0.1) is 5.56 Å². The zero-order valence-electron chi connectivity index (χ0n) is 14.1. The van der Waals surface area contributed by atoms with Crippen LogP contribution in [0.15, 0.2) is 35.7 Å². The molecule has 1 heterocycles. The van der Waals surface area contributed by atoms with Gasteiger partial charge in [-0.25, -0.2) is 0 Å². The fourth-order valence-corrected chi connectivity index (χ4v) is 3.77. The minimum absolute atomic E-state index is 0.141. The molecule has 1 aromatic carbocycles. The first-order chi connectivity index (χ1) is 12.0. The lowest BCUT2D eigenvalue weighted by Gasteiger charge is -2.14. The summed E-state index contributed by atoms with van der Waals surface area (Å²) in [5.74, 6) is 0. The number of benzene rings is 1. The number of hydrogen-bond acceptors (Lipinski definition) is 2. The van der Waals surface area contributed by atoms with Gasteiger partial charge in [-0.05, 0) is 48.8 Å². The van der Waals surface area contributed by atoms with Crippen molar-refractivity contribution in [2.45, 2.75) is 57.5 Å². The molecule has 0 radical (unpaired) electrons. The average Bonchev–Trinajstić information content (AvgIpc) is 3.09. The standard InChI is InChI=1S/C20H23F3OS/c21-20(22,23)19-13-7-9-16(15-24)18(19)12-6-4-2-1-3-5-10-17-11-8-14-25-17/h7-9,11,13-15H,1-6,10,12H2. The smallest absolute Gasteiger partial charge is 0.298 e. The first-order valence-corrected chi connectivity index (χ1v) is 9.57. The summed E-state index contributed by atoms with van der Waals surface area (Å²) in [5, 5.41) is 2.09. The third kappa shape index (κ3) is 6.31. The van der Waals surface area contributed by atoms with E-state index in [4.69, 9.17) is 0 Å². The highest BCUT2D eigenvalue weighted by Gasteiger charge is 2.33. The molecule has 136 valence electrons. The summed E-state index contributed by atoms with van der Waals surface area (Å²) in [6.07, 6.45) is 3.54. The van der Waals surface area contributed by atoms with E-state index in [9.17, 15) is 18.0 Å². The van der Waals surface area contributed by atoms with Gasteiger partial charge in [0, 0.05) is 10.4 Å². The Bertz CT molecular complexity index is 647. The maximum Gasteiger partial charge on any atom is 0.416 e. The molecule has 0 saturated heterocycles. The van der Waals surface area contributed by atoms with Crippen LogP contribution in [0.2, 0.25) is 0 Å². The Hall–Kier alpha value is -1.62. The molecule has 2 aromatic rings. The van der Waals surface area contributed by atoms with Crippen LogP contribution in [0.25, 0.3) is 0 Å². The Morgan fingerprint density at radius 2 is 1.56 bits per heavy atom. The summed E-state index contributed by atoms with van der Waals surface area (Å²) in [7, 11) is 0. The van der Waals surface area contributed by atoms with Crippen LogP contribution in [-0.2, 0) is 19.0 Å². The molecule has 2 rings (SSSR count). The Labute approximate surface area is 150 Å². The molecule has 0 fully saturated rings. The van der Waals surface area contributed by atoms with Crippen molar-refractivity contribution in [2.24, 2.45) is 0 Å². The molecular weight excluding hydrogens is 345 g/mol. The maximum absolute atomic E-state index is 13.1. The number of rotatable bonds is 10. The van der Waals surface area contributed by atoms with Crippen molar-refractivity contribution in [1.29, 1.82) is 0 Å². The molecule has 0 unspecified atom stereocenters. The number of carbonyl (C=O) groups excluding carboxylic acids is 1. The maximum atomic E-state index is 13.1. The van der Waals surface area contributed by atoms with Gasteiger partial charge in [-0.1, -0.05) is 43.9 Å². The van der Waals surface area contributed by atoms with E-state index in [2.05, 4.69) is 17.5 Å². The average molecular weight is 368 g/mol. The quantitative estimate of drug-likeness (QED) is 0.337. The van der Waals surface area contributed by atoms with Crippen LogP contribution in [0.3, 0.4) is 0 Å². The second kappa shape index (κ2) is 9.76. The minimum Gasteiger partial charge on any atom is -0.298 e. The Morgan fingerprint density at radius 1 is 0.880 bits per heavy atom. The fraction of sp³-hybridized carbons (Fsp3) is 0.450. The topological polar surface area (TPSA) is 17.1 Å². The molecule has 0 aliphatic rings. The molecule has 1 nitrogen and oxygen atoms in total. The summed E-state index contributed by atoms with van der Waals surface area (Å²) >= 11 is 1.78. The van der Waals surface area contributed by atoms with Gasteiger partial charge < -0.3 is 0 Å². The third-order valence-corrected chi connectivity index (χ3v) is 5.26. The van der Waals surface area contributed by atoms with Gasteiger partial charge in [0.1, 0.15) is 6.29 Å². The fourth-order valence-electron chi connectivity index (χ4n) is 3.02. The molecule has 0 aliphatic carbocycles. The zero-order valence-corrected chi connectivity index (χ0v) is 15.0. The monoisotopic (exact) mass is 368 g/mol. The predicted molar refractivity (Wildman–Crippen MR) is 96.3 cm³/mol. The number of carbonyl (C=O) groups is 1. The van der Waals surface area contributed by atoms with Crippen molar-refractivity contribution >= 4 is 17.6 Å². The molecule has 0 N–H and O–H groups in total. The molecule has 0 atom stereocenters. The normalized spacial score (nSPS) is 11.6. The molecule has 0 bridgehead atoms.